The van der Waals surface area contributed by atoms with Crippen molar-refractivity contribution in [2.75, 3.05) is 7.11 Å². The molecule has 0 radical (unpaired) electrons. The molecule has 0 spiro atoms. The van der Waals surface area contributed by atoms with Gasteiger partial charge in [-0.25, -0.2) is 4.79 Å². The first-order valence-electron chi connectivity index (χ1n) is 10.6. The lowest BCUT2D eigenvalue weighted by molar-refractivity contribution is -0.131. The van der Waals surface area contributed by atoms with E-state index in [9.17, 15) is 9.90 Å². The highest BCUT2D eigenvalue weighted by molar-refractivity contribution is 5.80. The number of aliphatic carboxylic acids is 1. The molecule has 2 fully saturated rings. The molecule has 4 rings (SSSR count). The van der Waals surface area contributed by atoms with Crippen LogP contribution in [0.2, 0.25) is 0 Å². The summed E-state index contributed by atoms with van der Waals surface area (Å²) in [7, 11) is 1.75. The zero-order chi connectivity index (χ0) is 20.5. The minimum Gasteiger partial charge on any atom is -0.478 e. The summed E-state index contributed by atoms with van der Waals surface area (Å²) in [5, 5.41) is 9.23. The van der Waals surface area contributed by atoms with Crippen molar-refractivity contribution in [1.82, 2.24) is 0 Å². The molecule has 3 aliphatic carbocycles. The largest absolute Gasteiger partial charge is 0.478 e. The molecule has 3 heteroatoms. The Bertz CT molecular complexity index is 863. The minimum absolute atomic E-state index is 0.0789. The van der Waals surface area contributed by atoms with Crippen LogP contribution in [0.4, 0.5) is 0 Å². The molecule has 0 amide bonds. The lowest BCUT2D eigenvalue weighted by atomic mass is 9.61. The Morgan fingerprint density at radius 3 is 2.21 bits per heavy atom. The van der Waals surface area contributed by atoms with Crippen molar-refractivity contribution >= 4 is 5.97 Å². The molecule has 0 heterocycles. The topological polar surface area (TPSA) is 46.5 Å². The van der Waals surface area contributed by atoms with Crippen LogP contribution >= 0.6 is 0 Å². The van der Waals surface area contributed by atoms with Crippen LogP contribution in [0.25, 0.3) is 0 Å². The summed E-state index contributed by atoms with van der Waals surface area (Å²) >= 11 is 0. The minimum atomic E-state index is -0.902. The Morgan fingerprint density at radius 1 is 1.07 bits per heavy atom. The van der Waals surface area contributed by atoms with Crippen molar-refractivity contribution in [2.45, 2.75) is 88.6 Å². The van der Waals surface area contributed by atoms with Gasteiger partial charge in [0.2, 0.25) is 0 Å². The maximum Gasteiger partial charge on any atom is 0.328 e. The maximum atomic E-state index is 11.2. The fourth-order valence-corrected chi connectivity index (χ4v) is 6.36. The van der Waals surface area contributed by atoms with Gasteiger partial charge in [-0.15, -0.1) is 0 Å². The smallest absolute Gasteiger partial charge is 0.328 e. The SMILES string of the molecule is COC1(/C=C/C(=O)O)CCC2CC21c1cc2c(cc1C)C(C)(C)CCC2(C)C. The van der Waals surface area contributed by atoms with Crippen LogP contribution in [0.15, 0.2) is 24.3 Å². The van der Waals surface area contributed by atoms with Gasteiger partial charge in [-0.2, -0.15) is 0 Å². The van der Waals surface area contributed by atoms with Gasteiger partial charge < -0.3 is 9.84 Å². The standard InChI is InChI=1S/C25H34O3/c1-16-13-19-20(23(4,5)12-11-22(19,2)3)14-18(16)25-15-17(25)7-9-24(25,28-6)10-8-21(26)27/h8,10,13-14,17H,7,9,11-12,15H2,1-6H3,(H,26,27)/b10-8+. The van der Waals surface area contributed by atoms with Gasteiger partial charge >= 0.3 is 5.97 Å². The van der Waals surface area contributed by atoms with Crippen LogP contribution in [0.1, 0.15) is 82.1 Å². The fourth-order valence-electron chi connectivity index (χ4n) is 6.36. The summed E-state index contributed by atoms with van der Waals surface area (Å²) in [6.07, 6.45) is 8.60. The van der Waals surface area contributed by atoms with Crippen molar-refractivity contribution in [3.63, 3.8) is 0 Å². The molecule has 0 aromatic heterocycles. The average Bonchev–Trinajstić information content (AvgIpc) is 3.27. The summed E-state index contributed by atoms with van der Waals surface area (Å²) in [4.78, 5) is 11.2. The first kappa shape index (κ1) is 19.7. The van der Waals surface area contributed by atoms with Gasteiger partial charge in [0.25, 0.3) is 0 Å². The Kier molecular flexibility index (Phi) is 4.18. The molecule has 0 bridgehead atoms. The van der Waals surface area contributed by atoms with Crippen LogP contribution in [-0.4, -0.2) is 23.8 Å². The number of hydrogen-bond donors (Lipinski definition) is 1. The Labute approximate surface area is 169 Å². The molecule has 3 aliphatic rings. The van der Waals surface area contributed by atoms with Crippen LogP contribution in [0, 0.1) is 12.8 Å². The number of carbonyl (C=O) groups is 1. The van der Waals surface area contributed by atoms with E-state index in [1.165, 1.54) is 41.2 Å². The number of carboxylic acid groups (broad SMARTS) is 1. The molecule has 1 aromatic carbocycles. The monoisotopic (exact) mass is 382 g/mol. The lowest BCUT2D eigenvalue weighted by Gasteiger charge is -2.44. The quantitative estimate of drug-likeness (QED) is 0.707. The zero-order valence-corrected chi connectivity index (χ0v) is 18.2. The van der Waals surface area contributed by atoms with Gasteiger partial charge in [0.15, 0.2) is 0 Å². The van der Waals surface area contributed by atoms with Gasteiger partial charge in [-0.1, -0.05) is 39.8 Å². The van der Waals surface area contributed by atoms with Crippen LogP contribution < -0.4 is 0 Å². The highest BCUT2D eigenvalue weighted by Gasteiger charge is 2.71. The first-order valence-corrected chi connectivity index (χ1v) is 10.6. The van der Waals surface area contributed by atoms with E-state index in [4.69, 9.17) is 4.74 Å². The van der Waals surface area contributed by atoms with Crippen molar-refractivity contribution in [3.05, 3.63) is 46.5 Å². The Hall–Kier alpha value is -1.61. The number of benzene rings is 1. The van der Waals surface area contributed by atoms with Crippen molar-refractivity contribution < 1.29 is 14.6 Å². The van der Waals surface area contributed by atoms with E-state index in [-0.39, 0.29) is 16.2 Å². The van der Waals surface area contributed by atoms with E-state index >= 15 is 0 Å². The van der Waals surface area contributed by atoms with E-state index in [0.717, 1.165) is 19.3 Å². The van der Waals surface area contributed by atoms with E-state index < -0.39 is 11.6 Å². The Balaban J connectivity index is 1.90. The molecular formula is C25H34O3. The number of methoxy groups -OCH3 is 1. The second kappa shape index (κ2) is 5.95. The molecule has 3 unspecified atom stereocenters. The molecule has 0 saturated heterocycles. The van der Waals surface area contributed by atoms with Gasteiger partial charge in [-0.3, -0.25) is 0 Å². The van der Waals surface area contributed by atoms with Crippen molar-refractivity contribution in [3.8, 4) is 0 Å². The highest BCUT2D eigenvalue weighted by Crippen LogP contribution is 2.71. The third-order valence-corrected chi connectivity index (χ3v) is 8.26. The van der Waals surface area contributed by atoms with Gasteiger partial charge in [0.05, 0.1) is 5.60 Å². The summed E-state index contributed by atoms with van der Waals surface area (Å²) in [5.41, 5.74) is 5.46. The van der Waals surface area contributed by atoms with Gasteiger partial charge in [-0.05, 0) is 84.1 Å². The predicted molar refractivity (Wildman–Crippen MR) is 112 cm³/mol. The van der Waals surface area contributed by atoms with E-state index in [1.807, 2.05) is 6.08 Å². The van der Waals surface area contributed by atoms with Gasteiger partial charge in [0, 0.05) is 18.6 Å². The molecule has 152 valence electrons. The van der Waals surface area contributed by atoms with Crippen LogP contribution in [-0.2, 0) is 25.8 Å². The van der Waals surface area contributed by atoms with E-state index in [1.54, 1.807) is 7.11 Å². The second-order valence-electron chi connectivity index (χ2n) is 10.7. The second-order valence-corrected chi connectivity index (χ2v) is 10.7. The zero-order valence-electron chi connectivity index (χ0n) is 18.2. The number of ether oxygens (including phenoxy) is 1. The molecule has 1 aromatic rings. The van der Waals surface area contributed by atoms with Gasteiger partial charge in [0.1, 0.15) is 0 Å². The molecule has 28 heavy (non-hydrogen) atoms. The first-order chi connectivity index (χ1) is 13.0. The maximum absolute atomic E-state index is 11.2. The molecule has 2 saturated carbocycles. The molecule has 1 N–H and O–H groups in total. The summed E-state index contributed by atoms with van der Waals surface area (Å²) < 4.78 is 6.10. The molecule has 3 atom stereocenters. The van der Waals surface area contributed by atoms with E-state index in [2.05, 4.69) is 46.8 Å². The predicted octanol–water partition coefficient (Wildman–Crippen LogP) is 5.42. The van der Waals surface area contributed by atoms with Crippen molar-refractivity contribution in [2.24, 2.45) is 5.92 Å². The summed E-state index contributed by atoms with van der Waals surface area (Å²) in [6, 6.07) is 4.90. The number of hydrogen-bond acceptors (Lipinski definition) is 2. The molecule has 0 aliphatic heterocycles. The lowest BCUT2D eigenvalue weighted by Crippen LogP contribution is -2.42. The average molecular weight is 383 g/mol. The highest BCUT2D eigenvalue weighted by atomic mass is 16.5. The summed E-state index contributed by atoms with van der Waals surface area (Å²) in [6.45, 7) is 11.7. The number of aryl methyl sites for hydroxylation is 1. The number of rotatable bonds is 4. The molecular weight excluding hydrogens is 348 g/mol. The summed E-state index contributed by atoms with van der Waals surface area (Å²) in [5.74, 6) is -0.317. The van der Waals surface area contributed by atoms with E-state index in [0.29, 0.717) is 5.92 Å². The fraction of sp³-hybridized carbons (Fsp3) is 0.640. The third-order valence-electron chi connectivity index (χ3n) is 8.26. The third kappa shape index (κ3) is 2.55. The molecule has 3 nitrogen and oxygen atoms in total. The van der Waals surface area contributed by atoms with Crippen molar-refractivity contribution in [1.29, 1.82) is 0 Å². The van der Waals surface area contributed by atoms with Crippen LogP contribution in [0.5, 0.6) is 0 Å². The number of carboxylic acids is 1. The Morgan fingerprint density at radius 2 is 1.68 bits per heavy atom. The number of fused-ring (bicyclic) bond motifs is 2. The normalized spacial score (nSPS) is 34.9. The van der Waals surface area contributed by atoms with Crippen LogP contribution in [0.3, 0.4) is 0 Å².